The lowest BCUT2D eigenvalue weighted by Gasteiger charge is -2.05. The van der Waals surface area contributed by atoms with Crippen LogP contribution in [0.5, 0.6) is 0 Å². The molecule has 2 rings (SSSR count). The number of anilines is 1. The van der Waals surface area contributed by atoms with Gasteiger partial charge >= 0.3 is 0 Å². The normalized spacial score (nSPS) is 10.2. The molecular formula is C14H18N4O. The molecule has 0 spiro atoms. The zero-order valence-corrected chi connectivity index (χ0v) is 11.2. The van der Waals surface area contributed by atoms with E-state index < -0.39 is 0 Å². The van der Waals surface area contributed by atoms with Gasteiger partial charge in [0.25, 0.3) is 5.91 Å². The van der Waals surface area contributed by atoms with E-state index in [0.717, 1.165) is 17.8 Å². The van der Waals surface area contributed by atoms with Gasteiger partial charge in [0.2, 0.25) is 0 Å². The highest BCUT2D eigenvalue weighted by Gasteiger charge is 2.05. The van der Waals surface area contributed by atoms with Crippen LogP contribution in [0.1, 0.15) is 16.1 Å². The monoisotopic (exact) mass is 258 g/mol. The Morgan fingerprint density at radius 2 is 2.00 bits per heavy atom. The highest BCUT2D eigenvalue weighted by molar-refractivity contribution is 5.94. The lowest BCUT2D eigenvalue weighted by molar-refractivity contribution is 0.0954. The summed E-state index contributed by atoms with van der Waals surface area (Å²) in [5.74, 6) is -0.0569. The molecule has 2 aromatic rings. The quantitative estimate of drug-likeness (QED) is 0.853. The molecule has 0 radical (unpaired) electrons. The van der Waals surface area contributed by atoms with E-state index in [1.165, 1.54) is 0 Å². The van der Waals surface area contributed by atoms with E-state index in [2.05, 4.69) is 15.7 Å². The van der Waals surface area contributed by atoms with Crippen molar-refractivity contribution in [1.82, 2.24) is 15.1 Å². The van der Waals surface area contributed by atoms with Crippen LogP contribution in [-0.4, -0.2) is 29.3 Å². The molecule has 1 heterocycles. The Hall–Kier alpha value is -2.30. The maximum absolute atomic E-state index is 11.9. The third kappa shape index (κ3) is 3.58. The second-order valence-electron chi connectivity index (χ2n) is 4.31. The number of hydrogen-bond donors (Lipinski definition) is 2. The Labute approximate surface area is 112 Å². The van der Waals surface area contributed by atoms with Crippen molar-refractivity contribution < 1.29 is 4.79 Å². The van der Waals surface area contributed by atoms with Crippen molar-refractivity contribution >= 4 is 11.6 Å². The van der Waals surface area contributed by atoms with Gasteiger partial charge in [-0.25, -0.2) is 0 Å². The summed E-state index contributed by atoms with van der Waals surface area (Å²) in [5.41, 5.74) is 2.64. The summed E-state index contributed by atoms with van der Waals surface area (Å²) in [5, 5.41) is 10.2. The Bertz CT molecular complexity index is 545. The Kier molecular flexibility index (Phi) is 4.18. The summed E-state index contributed by atoms with van der Waals surface area (Å²) in [6.07, 6.45) is 2.63. The molecule has 0 bridgehead atoms. The summed E-state index contributed by atoms with van der Waals surface area (Å²) >= 11 is 0. The van der Waals surface area contributed by atoms with Crippen LogP contribution < -0.4 is 10.6 Å². The summed E-state index contributed by atoms with van der Waals surface area (Å²) in [7, 11) is 3.73. The van der Waals surface area contributed by atoms with Gasteiger partial charge in [-0.15, -0.1) is 0 Å². The first-order valence-corrected chi connectivity index (χ1v) is 6.23. The zero-order chi connectivity index (χ0) is 13.7. The van der Waals surface area contributed by atoms with E-state index in [4.69, 9.17) is 0 Å². The van der Waals surface area contributed by atoms with Crippen molar-refractivity contribution in [1.29, 1.82) is 0 Å². The van der Waals surface area contributed by atoms with E-state index >= 15 is 0 Å². The first-order valence-electron chi connectivity index (χ1n) is 6.23. The van der Waals surface area contributed by atoms with Gasteiger partial charge in [-0.05, 0) is 30.3 Å². The predicted octanol–water partition coefficient (Wildman–Crippen LogP) is 1.43. The zero-order valence-electron chi connectivity index (χ0n) is 11.2. The van der Waals surface area contributed by atoms with Crippen LogP contribution in [0.2, 0.25) is 0 Å². The van der Waals surface area contributed by atoms with Crippen LogP contribution >= 0.6 is 0 Å². The average Bonchev–Trinajstić information content (AvgIpc) is 2.84. The minimum atomic E-state index is -0.0569. The number of nitrogens with one attached hydrogen (secondary N) is 2. The van der Waals surface area contributed by atoms with Crippen molar-refractivity contribution in [3.63, 3.8) is 0 Å². The molecule has 0 saturated carbocycles. The van der Waals surface area contributed by atoms with Crippen LogP contribution in [0, 0.1) is 0 Å². The molecule has 0 fully saturated rings. The highest BCUT2D eigenvalue weighted by Crippen LogP contribution is 2.08. The number of hydrogen-bond acceptors (Lipinski definition) is 3. The fourth-order valence-corrected chi connectivity index (χ4v) is 1.79. The van der Waals surface area contributed by atoms with Crippen LogP contribution in [0.4, 0.5) is 5.69 Å². The lowest BCUT2D eigenvalue weighted by Crippen LogP contribution is -2.25. The first-order chi connectivity index (χ1) is 9.19. The largest absolute Gasteiger partial charge is 0.388 e. The maximum atomic E-state index is 11.9. The fraction of sp³-hybridized carbons (Fsp3) is 0.286. The third-order valence-corrected chi connectivity index (χ3v) is 2.87. The number of benzene rings is 1. The summed E-state index contributed by atoms with van der Waals surface area (Å²) in [4.78, 5) is 11.9. The number of carbonyl (C=O) groups is 1. The second-order valence-corrected chi connectivity index (χ2v) is 4.31. The van der Waals surface area contributed by atoms with E-state index in [1.54, 1.807) is 4.68 Å². The molecule has 5 heteroatoms. The number of aromatic nitrogens is 2. The molecule has 0 saturated heterocycles. The maximum Gasteiger partial charge on any atom is 0.251 e. The van der Waals surface area contributed by atoms with Gasteiger partial charge in [0.05, 0.1) is 5.69 Å². The molecule has 0 unspecified atom stereocenters. The van der Waals surface area contributed by atoms with Crippen molar-refractivity contribution in [2.75, 3.05) is 18.9 Å². The molecule has 0 aliphatic heterocycles. The number of aryl methyl sites for hydroxylation is 1. The number of amides is 1. The fourth-order valence-electron chi connectivity index (χ4n) is 1.79. The average molecular weight is 258 g/mol. The molecule has 1 aromatic carbocycles. The number of carbonyl (C=O) groups excluding carboxylic acids is 1. The first kappa shape index (κ1) is 13.1. The molecule has 0 atom stereocenters. The predicted molar refractivity (Wildman–Crippen MR) is 75.2 cm³/mol. The van der Waals surface area contributed by atoms with Gasteiger partial charge in [-0.2, -0.15) is 5.10 Å². The minimum absolute atomic E-state index is 0.0569. The van der Waals surface area contributed by atoms with E-state index in [1.807, 2.05) is 50.6 Å². The molecule has 0 aliphatic carbocycles. The van der Waals surface area contributed by atoms with Crippen molar-refractivity contribution in [2.24, 2.45) is 7.05 Å². The van der Waals surface area contributed by atoms with Gasteiger partial charge < -0.3 is 10.6 Å². The lowest BCUT2D eigenvalue weighted by atomic mass is 10.2. The van der Waals surface area contributed by atoms with Crippen molar-refractivity contribution in [2.45, 2.75) is 6.42 Å². The molecule has 5 nitrogen and oxygen atoms in total. The molecule has 0 aliphatic rings. The topological polar surface area (TPSA) is 59.0 Å². The molecule has 100 valence electrons. The Morgan fingerprint density at radius 3 is 2.58 bits per heavy atom. The van der Waals surface area contributed by atoms with Gasteiger partial charge in [0.15, 0.2) is 0 Å². The Balaban J connectivity index is 1.83. The molecule has 1 amide bonds. The number of rotatable bonds is 5. The molecule has 2 N–H and O–H groups in total. The summed E-state index contributed by atoms with van der Waals surface area (Å²) in [6, 6.07) is 9.33. The summed E-state index contributed by atoms with van der Waals surface area (Å²) in [6.45, 7) is 0.587. The van der Waals surface area contributed by atoms with Crippen LogP contribution in [0.3, 0.4) is 0 Å². The van der Waals surface area contributed by atoms with Crippen molar-refractivity contribution in [3.05, 3.63) is 47.8 Å². The van der Waals surface area contributed by atoms with Crippen LogP contribution in [-0.2, 0) is 13.5 Å². The standard InChI is InChI=1S/C14H18N4O/c1-15-12-5-3-11(4-6-12)14(19)16-9-7-13-8-10-18(2)17-13/h3-6,8,10,15H,7,9H2,1-2H3,(H,16,19). The molecular weight excluding hydrogens is 240 g/mol. The SMILES string of the molecule is CNc1ccc(C(=O)NCCc2ccn(C)n2)cc1. The van der Waals surface area contributed by atoms with Gasteiger partial charge in [-0.3, -0.25) is 9.48 Å². The summed E-state index contributed by atoms with van der Waals surface area (Å²) < 4.78 is 1.76. The molecule has 1 aromatic heterocycles. The van der Waals surface area contributed by atoms with Crippen molar-refractivity contribution in [3.8, 4) is 0 Å². The number of nitrogens with zero attached hydrogens (tertiary/aromatic N) is 2. The Morgan fingerprint density at radius 1 is 1.26 bits per heavy atom. The second kappa shape index (κ2) is 6.04. The highest BCUT2D eigenvalue weighted by atomic mass is 16.1. The van der Waals surface area contributed by atoms with Crippen LogP contribution in [0.15, 0.2) is 36.5 Å². The van der Waals surface area contributed by atoms with Gasteiger partial charge in [0, 0.05) is 44.5 Å². The van der Waals surface area contributed by atoms with Crippen LogP contribution in [0.25, 0.3) is 0 Å². The van der Waals surface area contributed by atoms with E-state index in [9.17, 15) is 4.79 Å². The smallest absolute Gasteiger partial charge is 0.251 e. The minimum Gasteiger partial charge on any atom is -0.388 e. The molecule has 19 heavy (non-hydrogen) atoms. The van der Waals surface area contributed by atoms with E-state index in [0.29, 0.717) is 12.1 Å². The van der Waals surface area contributed by atoms with Gasteiger partial charge in [-0.1, -0.05) is 0 Å². The van der Waals surface area contributed by atoms with E-state index in [-0.39, 0.29) is 5.91 Å². The van der Waals surface area contributed by atoms with Gasteiger partial charge in [0.1, 0.15) is 0 Å². The third-order valence-electron chi connectivity index (χ3n) is 2.87.